The van der Waals surface area contributed by atoms with Gasteiger partial charge in [0.1, 0.15) is 11.9 Å². The normalized spacial score (nSPS) is 18.7. The van der Waals surface area contributed by atoms with Crippen molar-refractivity contribution in [2.24, 2.45) is 0 Å². The van der Waals surface area contributed by atoms with Gasteiger partial charge in [0.2, 0.25) is 11.8 Å². The minimum Gasteiger partial charge on any atom is -0.367 e. The molecular weight excluding hydrogens is 312 g/mol. The van der Waals surface area contributed by atoms with Crippen LogP contribution in [0.25, 0.3) is 0 Å². The van der Waals surface area contributed by atoms with Crippen molar-refractivity contribution in [3.05, 3.63) is 23.4 Å². The average molecular weight is 334 g/mol. The van der Waals surface area contributed by atoms with Gasteiger partial charge in [0, 0.05) is 25.6 Å². The van der Waals surface area contributed by atoms with Gasteiger partial charge in [0.05, 0.1) is 18.8 Å². The second-order valence-corrected chi connectivity index (χ2v) is 5.87. The Kier molecular flexibility index (Phi) is 5.21. The third-order valence-corrected chi connectivity index (χ3v) is 3.73. The highest BCUT2D eigenvalue weighted by molar-refractivity contribution is 5.90. The molecule has 9 nitrogen and oxygen atoms in total. The second-order valence-electron chi connectivity index (χ2n) is 5.87. The summed E-state index contributed by atoms with van der Waals surface area (Å²) in [6.45, 7) is 5.95. The van der Waals surface area contributed by atoms with Gasteiger partial charge in [0.15, 0.2) is 5.82 Å². The van der Waals surface area contributed by atoms with E-state index in [0.717, 1.165) is 24.4 Å². The number of hydrogen-bond donors (Lipinski definition) is 2. The van der Waals surface area contributed by atoms with Crippen LogP contribution in [0.4, 0.5) is 5.88 Å². The summed E-state index contributed by atoms with van der Waals surface area (Å²) < 4.78 is 10.7. The number of hydrogen-bond acceptors (Lipinski definition) is 7. The first-order chi connectivity index (χ1) is 11.6. The largest absolute Gasteiger partial charge is 0.367 e. The highest BCUT2D eigenvalue weighted by Crippen LogP contribution is 2.19. The van der Waals surface area contributed by atoms with Crippen molar-refractivity contribution in [3.8, 4) is 0 Å². The van der Waals surface area contributed by atoms with E-state index in [2.05, 4.69) is 32.6 Å². The van der Waals surface area contributed by atoms with E-state index in [4.69, 9.17) is 9.26 Å². The first-order valence-electron chi connectivity index (χ1n) is 8.12. The number of aromatic amines is 1. The molecule has 2 N–H and O–H groups in total. The molecule has 0 aromatic carbocycles. The molecular formula is C15H22N6O3. The summed E-state index contributed by atoms with van der Waals surface area (Å²) in [6, 6.07) is 1.68. The summed E-state index contributed by atoms with van der Waals surface area (Å²) in [4.78, 5) is 18.6. The fourth-order valence-corrected chi connectivity index (χ4v) is 2.61. The zero-order chi connectivity index (χ0) is 16.9. The number of ether oxygens (including phenoxy) is 1. The summed E-state index contributed by atoms with van der Waals surface area (Å²) in [5, 5.41) is 13.6. The van der Waals surface area contributed by atoms with Crippen molar-refractivity contribution in [1.82, 2.24) is 25.2 Å². The van der Waals surface area contributed by atoms with Crippen LogP contribution in [0.15, 0.2) is 10.6 Å². The minimum absolute atomic E-state index is 0.145. The fraction of sp³-hybridized carbons (Fsp3) is 0.600. The lowest BCUT2D eigenvalue weighted by Gasteiger charge is -2.30. The summed E-state index contributed by atoms with van der Waals surface area (Å²) >= 11 is 0. The SMILES string of the molecule is CCCc1nc(C2CN(CC(=O)Nc3cc(C)no3)CCO2)n[nH]1. The number of rotatable bonds is 6. The van der Waals surface area contributed by atoms with Gasteiger partial charge >= 0.3 is 0 Å². The number of nitrogens with one attached hydrogen (secondary N) is 2. The number of morpholine rings is 1. The Bertz CT molecular complexity index is 682. The topological polar surface area (TPSA) is 109 Å². The monoisotopic (exact) mass is 334 g/mol. The Morgan fingerprint density at radius 2 is 2.42 bits per heavy atom. The summed E-state index contributed by atoms with van der Waals surface area (Å²) in [6.07, 6.45) is 1.65. The number of nitrogens with zero attached hydrogens (tertiary/aromatic N) is 4. The molecule has 0 saturated carbocycles. The second kappa shape index (κ2) is 7.54. The van der Waals surface area contributed by atoms with E-state index in [1.165, 1.54) is 0 Å². The fourth-order valence-electron chi connectivity index (χ4n) is 2.61. The molecule has 2 aromatic heterocycles. The molecule has 9 heteroatoms. The highest BCUT2D eigenvalue weighted by Gasteiger charge is 2.26. The maximum absolute atomic E-state index is 12.1. The van der Waals surface area contributed by atoms with E-state index < -0.39 is 0 Å². The van der Waals surface area contributed by atoms with Crippen LogP contribution in [-0.2, 0) is 16.0 Å². The van der Waals surface area contributed by atoms with Gasteiger partial charge in [-0.05, 0) is 13.3 Å². The lowest BCUT2D eigenvalue weighted by atomic mass is 10.2. The van der Waals surface area contributed by atoms with Gasteiger partial charge in [-0.15, -0.1) is 0 Å². The van der Waals surface area contributed by atoms with Gasteiger partial charge in [-0.25, -0.2) is 4.98 Å². The van der Waals surface area contributed by atoms with Crippen LogP contribution in [-0.4, -0.2) is 57.4 Å². The quantitative estimate of drug-likeness (QED) is 0.813. The molecule has 0 spiro atoms. The van der Waals surface area contributed by atoms with Crippen molar-refractivity contribution in [2.45, 2.75) is 32.8 Å². The van der Waals surface area contributed by atoms with Crippen LogP contribution >= 0.6 is 0 Å². The lowest BCUT2D eigenvalue weighted by molar-refractivity contribution is -0.119. The molecule has 0 aliphatic carbocycles. The maximum atomic E-state index is 12.1. The van der Waals surface area contributed by atoms with Gasteiger partial charge in [-0.2, -0.15) is 5.10 Å². The summed E-state index contributed by atoms with van der Waals surface area (Å²) in [5.74, 6) is 1.73. The molecule has 0 radical (unpaired) electrons. The third kappa shape index (κ3) is 4.18. The van der Waals surface area contributed by atoms with E-state index in [0.29, 0.717) is 31.4 Å². The molecule has 0 bridgehead atoms. The first kappa shape index (κ1) is 16.6. The van der Waals surface area contributed by atoms with Crippen molar-refractivity contribution in [2.75, 3.05) is 31.6 Å². The standard InChI is InChI=1S/C15H22N6O3/c1-3-4-12-16-15(19-18-12)11-8-21(5-6-23-11)9-13(22)17-14-7-10(2)20-24-14/h7,11H,3-6,8-9H2,1-2H3,(H,17,22)(H,16,18,19). The van der Waals surface area contributed by atoms with Crippen molar-refractivity contribution in [1.29, 1.82) is 0 Å². The van der Waals surface area contributed by atoms with Crippen LogP contribution < -0.4 is 5.32 Å². The molecule has 1 amide bonds. The molecule has 1 saturated heterocycles. The van der Waals surface area contributed by atoms with Crippen molar-refractivity contribution < 1.29 is 14.1 Å². The molecule has 1 fully saturated rings. The van der Waals surface area contributed by atoms with E-state index >= 15 is 0 Å². The van der Waals surface area contributed by atoms with Gasteiger partial charge < -0.3 is 9.26 Å². The lowest BCUT2D eigenvalue weighted by Crippen LogP contribution is -2.42. The predicted molar refractivity (Wildman–Crippen MR) is 85.4 cm³/mol. The number of anilines is 1. The molecule has 1 unspecified atom stereocenters. The van der Waals surface area contributed by atoms with E-state index in [1.54, 1.807) is 13.0 Å². The number of carbonyl (C=O) groups excluding carboxylic acids is 1. The Hall–Kier alpha value is -2.26. The molecule has 3 rings (SSSR count). The number of H-pyrrole nitrogens is 1. The highest BCUT2D eigenvalue weighted by atomic mass is 16.5. The smallest absolute Gasteiger partial charge is 0.240 e. The minimum atomic E-state index is -0.221. The Labute approximate surface area is 139 Å². The van der Waals surface area contributed by atoms with Crippen LogP contribution in [0.3, 0.4) is 0 Å². The zero-order valence-corrected chi connectivity index (χ0v) is 13.9. The molecule has 1 atom stereocenters. The Morgan fingerprint density at radius 3 is 3.17 bits per heavy atom. The van der Waals surface area contributed by atoms with Gasteiger partial charge in [-0.1, -0.05) is 12.1 Å². The molecule has 2 aromatic rings. The Balaban J connectivity index is 1.53. The van der Waals surface area contributed by atoms with Crippen molar-refractivity contribution >= 4 is 11.8 Å². The summed E-state index contributed by atoms with van der Waals surface area (Å²) in [5.41, 5.74) is 0.726. The van der Waals surface area contributed by atoms with E-state index in [1.807, 2.05) is 4.90 Å². The molecule has 3 heterocycles. The number of carbonyl (C=O) groups is 1. The van der Waals surface area contributed by atoms with E-state index in [9.17, 15) is 4.79 Å². The molecule has 1 aliphatic rings. The first-order valence-corrected chi connectivity index (χ1v) is 8.12. The van der Waals surface area contributed by atoms with Crippen LogP contribution in [0.5, 0.6) is 0 Å². The average Bonchev–Trinajstić information content (AvgIpc) is 3.17. The van der Waals surface area contributed by atoms with Crippen molar-refractivity contribution in [3.63, 3.8) is 0 Å². The molecule has 1 aliphatic heterocycles. The number of aromatic nitrogens is 4. The van der Waals surface area contributed by atoms with E-state index in [-0.39, 0.29) is 18.6 Å². The van der Waals surface area contributed by atoms with Crippen LogP contribution in [0.1, 0.15) is 36.8 Å². The summed E-state index contributed by atoms with van der Waals surface area (Å²) in [7, 11) is 0. The van der Waals surface area contributed by atoms with Crippen LogP contribution in [0.2, 0.25) is 0 Å². The molecule has 130 valence electrons. The maximum Gasteiger partial charge on any atom is 0.240 e. The third-order valence-electron chi connectivity index (χ3n) is 3.73. The molecule has 24 heavy (non-hydrogen) atoms. The number of amides is 1. The number of aryl methyl sites for hydroxylation is 2. The Morgan fingerprint density at radius 1 is 1.54 bits per heavy atom. The van der Waals surface area contributed by atoms with Gasteiger partial charge in [0.25, 0.3) is 0 Å². The predicted octanol–water partition coefficient (Wildman–Crippen LogP) is 1.07. The zero-order valence-electron chi connectivity index (χ0n) is 13.9. The van der Waals surface area contributed by atoms with Gasteiger partial charge in [-0.3, -0.25) is 20.1 Å². The van der Waals surface area contributed by atoms with Crippen LogP contribution in [0, 0.1) is 6.92 Å².